The highest BCUT2D eigenvalue weighted by atomic mass is 79.9. The van der Waals surface area contributed by atoms with E-state index in [9.17, 15) is 0 Å². The van der Waals surface area contributed by atoms with Crippen molar-refractivity contribution in [3.63, 3.8) is 0 Å². The zero-order chi connectivity index (χ0) is 13.1. The molecular formula is C13H8Br2Cl2O. The quantitative estimate of drug-likeness (QED) is 0.529. The van der Waals surface area contributed by atoms with Gasteiger partial charge >= 0.3 is 0 Å². The Morgan fingerprint density at radius 3 is 2.44 bits per heavy atom. The Kier molecular flexibility index (Phi) is 4.96. The highest BCUT2D eigenvalue weighted by molar-refractivity contribution is 9.10. The highest BCUT2D eigenvalue weighted by Gasteiger charge is 2.06. The van der Waals surface area contributed by atoms with E-state index in [4.69, 9.17) is 27.9 Å². The van der Waals surface area contributed by atoms with Crippen molar-refractivity contribution in [3.05, 3.63) is 56.5 Å². The van der Waals surface area contributed by atoms with Crippen LogP contribution in [0, 0.1) is 0 Å². The third-order valence-corrected chi connectivity index (χ3v) is 4.10. The first-order valence-electron chi connectivity index (χ1n) is 5.07. The molecule has 94 valence electrons. The van der Waals surface area contributed by atoms with E-state index in [0.717, 1.165) is 15.4 Å². The van der Waals surface area contributed by atoms with Crippen molar-refractivity contribution in [2.45, 2.75) is 5.33 Å². The fraction of sp³-hybridized carbons (Fsp3) is 0.0769. The average molecular weight is 411 g/mol. The maximum absolute atomic E-state index is 6.12. The van der Waals surface area contributed by atoms with Gasteiger partial charge in [0.25, 0.3) is 0 Å². The van der Waals surface area contributed by atoms with E-state index >= 15 is 0 Å². The molecule has 2 aromatic rings. The van der Waals surface area contributed by atoms with E-state index in [1.54, 1.807) is 24.3 Å². The van der Waals surface area contributed by atoms with Gasteiger partial charge < -0.3 is 4.74 Å². The van der Waals surface area contributed by atoms with Crippen molar-refractivity contribution >= 4 is 55.1 Å². The summed E-state index contributed by atoms with van der Waals surface area (Å²) in [6, 6.07) is 11.0. The lowest BCUT2D eigenvalue weighted by atomic mass is 10.2. The summed E-state index contributed by atoms with van der Waals surface area (Å²) in [5.41, 5.74) is 1.03. The van der Waals surface area contributed by atoms with Crippen LogP contribution >= 0.6 is 55.1 Å². The lowest BCUT2D eigenvalue weighted by molar-refractivity contribution is 0.479. The van der Waals surface area contributed by atoms with Gasteiger partial charge in [0.15, 0.2) is 0 Å². The predicted molar refractivity (Wildman–Crippen MR) is 83.3 cm³/mol. The molecule has 0 aromatic heterocycles. The number of benzene rings is 2. The van der Waals surface area contributed by atoms with Gasteiger partial charge in [-0.2, -0.15) is 0 Å². The first kappa shape index (κ1) is 14.2. The number of alkyl halides is 1. The van der Waals surface area contributed by atoms with Crippen LogP contribution in [0.5, 0.6) is 11.5 Å². The Balaban J connectivity index is 2.26. The smallest absolute Gasteiger partial charge is 0.141 e. The van der Waals surface area contributed by atoms with Crippen molar-refractivity contribution in [2.75, 3.05) is 0 Å². The van der Waals surface area contributed by atoms with E-state index in [0.29, 0.717) is 21.5 Å². The molecule has 0 heterocycles. The van der Waals surface area contributed by atoms with Crippen molar-refractivity contribution in [2.24, 2.45) is 0 Å². The van der Waals surface area contributed by atoms with Crippen LogP contribution in [0.3, 0.4) is 0 Å². The van der Waals surface area contributed by atoms with Gasteiger partial charge in [0.2, 0.25) is 0 Å². The monoisotopic (exact) mass is 408 g/mol. The fourth-order valence-corrected chi connectivity index (χ4v) is 3.04. The molecule has 0 amide bonds. The molecule has 2 aromatic carbocycles. The Morgan fingerprint density at radius 1 is 1.06 bits per heavy atom. The molecule has 0 aliphatic heterocycles. The second kappa shape index (κ2) is 6.29. The highest BCUT2D eigenvalue weighted by Crippen LogP contribution is 2.33. The molecule has 0 saturated carbocycles. The minimum atomic E-state index is 0.655. The van der Waals surface area contributed by atoms with Crippen molar-refractivity contribution in [1.29, 1.82) is 0 Å². The SMILES string of the molecule is Clc1ccc(Oc2ccc(CBr)c(Cl)c2)c(Br)c1. The van der Waals surface area contributed by atoms with Crippen molar-refractivity contribution in [1.82, 2.24) is 0 Å². The van der Waals surface area contributed by atoms with Gasteiger partial charge in [0.1, 0.15) is 11.5 Å². The van der Waals surface area contributed by atoms with Crippen LogP contribution in [0.15, 0.2) is 40.9 Å². The van der Waals surface area contributed by atoms with E-state index in [1.165, 1.54) is 0 Å². The molecule has 0 aliphatic rings. The molecule has 2 rings (SSSR count). The Morgan fingerprint density at radius 2 is 1.83 bits per heavy atom. The summed E-state index contributed by atoms with van der Waals surface area (Å²) in [5.74, 6) is 1.38. The maximum Gasteiger partial charge on any atom is 0.141 e. The van der Waals surface area contributed by atoms with E-state index < -0.39 is 0 Å². The molecule has 0 atom stereocenters. The van der Waals surface area contributed by atoms with E-state index in [1.807, 2.05) is 12.1 Å². The Bertz CT molecular complexity index is 573. The van der Waals surface area contributed by atoms with Gasteiger partial charge in [-0.1, -0.05) is 45.2 Å². The van der Waals surface area contributed by atoms with Gasteiger partial charge in [0.05, 0.1) is 4.47 Å². The first-order valence-corrected chi connectivity index (χ1v) is 7.74. The summed E-state index contributed by atoms with van der Waals surface area (Å²) < 4.78 is 6.54. The maximum atomic E-state index is 6.12. The summed E-state index contributed by atoms with van der Waals surface area (Å²) in [6.07, 6.45) is 0. The normalized spacial score (nSPS) is 10.4. The van der Waals surface area contributed by atoms with Crippen LogP contribution in [-0.2, 0) is 5.33 Å². The van der Waals surface area contributed by atoms with Gasteiger partial charge in [-0.25, -0.2) is 0 Å². The number of hydrogen-bond acceptors (Lipinski definition) is 1. The fourth-order valence-electron chi connectivity index (χ4n) is 1.38. The zero-order valence-corrected chi connectivity index (χ0v) is 13.8. The number of rotatable bonds is 3. The van der Waals surface area contributed by atoms with Gasteiger partial charge in [-0.15, -0.1) is 0 Å². The molecule has 0 unspecified atom stereocenters. The number of ether oxygens (including phenoxy) is 1. The largest absolute Gasteiger partial charge is 0.456 e. The molecule has 1 nitrogen and oxygen atoms in total. The van der Waals surface area contributed by atoms with Gasteiger partial charge in [-0.3, -0.25) is 0 Å². The van der Waals surface area contributed by atoms with Crippen LogP contribution in [0.4, 0.5) is 0 Å². The minimum absolute atomic E-state index is 0.655. The van der Waals surface area contributed by atoms with Crippen LogP contribution in [0.1, 0.15) is 5.56 Å². The lowest BCUT2D eigenvalue weighted by Gasteiger charge is -2.09. The predicted octanol–water partition coefficient (Wildman–Crippen LogP) is 6.44. The molecule has 0 bridgehead atoms. The molecule has 0 N–H and O–H groups in total. The third-order valence-electron chi connectivity index (χ3n) is 2.29. The second-order valence-corrected chi connectivity index (χ2v) is 5.82. The molecule has 0 aliphatic carbocycles. The molecule has 18 heavy (non-hydrogen) atoms. The van der Waals surface area contributed by atoms with Crippen molar-refractivity contribution < 1.29 is 4.74 Å². The summed E-state index contributed by atoms with van der Waals surface area (Å²) in [5, 5.41) is 2.05. The van der Waals surface area contributed by atoms with Crippen LogP contribution in [-0.4, -0.2) is 0 Å². The zero-order valence-electron chi connectivity index (χ0n) is 9.09. The van der Waals surface area contributed by atoms with E-state index in [2.05, 4.69) is 31.9 Å². The summed E-state index contributed by atoms with van der Waals surface area (Å²) in [7, 11) is 0. The standard InChI is InChI=1S/C13H8Br2Cl2O/c14-7-8-1-3-10(6-12(8)17)18-13-4-2-9(16)5-11(13)15/h1-6H,7H2. The molecule has 0 spiro atoms. The number of halogens is 4. The molecule has 0 saturated heterocycles. The average Bonchev–Trinajstić information content (AvgIpc) is 2.33. The summed E-state index contributed by atoms with van der Waals surface area (Å²) >= 11 is 18.8. The van der Waals surface area contributed by atoms with Crippen molar-refractivity contribution in [3.8, 4) is 11.5 Å². The summed E-state index contributed by atoms with van der Waals surface area (Å²) in [4.78, 5) is 0. The first-order chi connectivity index (χ1) is 8.60. The topological polar surface area (TPSA) is 9.23 Å². The molecule has 0 radical (unpaired) electrons. The van der Waals surface area contributed by atoms with E-state index in [-0.39, 0.29) is 0 Å². The molecule has 0 fully saturated rings. The lowest BCUT2D eigenvalue weighted by Crippen LogP contribution is -1.87. The Labute approximate surface area is 132 Å². The molecule has 5 heteroatoms. The third kappa shape index (κ3) is 3.41. The number of hydrogen-bond donors (Lipinski definition) is 0. The van der Waals surface area contributed by atoms with Gasteiger partial charge in [-0.05, 0) is 51.8 Å². The van der Waals surface area contributed by atoms with Crippen LogP contribution in [0.25, 0.3) is 0 Å². The van der Waals surface area contributed by atoms with Gasteiger partial charge in [0, 0.05) is 15.4 Å². The molecular weight excluding hydrogens is 403 g/mol. The minimum Gasteiger partial charge on any atom is -0.456 e. The van der Waals surface area contributed by atoms with Crippen LogP contribution in [0.2, 0.25) is 10.0 Å². The summed E-state index contributed by atoms with van der Waals surface area (Å²) in [6.45, 7) is 0. The second-order valence-electron chi connectivity index (χ2n) is 3.56. The Hall–Kier alpha value is -0.220. The van der Waals surface area contributed by atoms with Crippen LogP contribution < -0.4 is 4.74 Å².